The maximum Gasteiger partial charge on any atom is 0.280 e. The maximum atomic E-state index is 13.2. The van der Waals surface area contributed by atoms with Crippen molar-refractivity contribution in [3.8, 4) is 16.9 Å². The van der Waals surface area contributed by atoms with E-state index in [0.717, 1.165) is 22.4 Å². The molecule has 0 spiro atoms. The van der Waals surface area contributed by atoms with Crippen molar-refractivity contribution < 1.29 is 9.47 Å². The zero-order valence-corrected chi connectivity index (χ0v) is 18.8. The predicted molar refractivity (Wildman–Crippen MR) is 126 cm³/mol. The van der Waals surface area contributed by atoms with Crippen LogP contribution in [-0.4, -0.2) is 38.6 Å². The van der Waals surface area contributed by atoms with Crippen LogP contribution in [0.4, 0.5) is 0 Å². The Kier molecular flexibility index (Phi) is 5.53. The van der Waals surface area contributed by atoms with Crippen LogP contribution in [0.5, 0.6) is 5.75 Å². The lowest BCUT2D eigenvalue weighted by Gasteiger charge is -2.11. The second-order valence-corrected chi connectivity index (χ2v) is 7.93. The van der Waals surface area contributed by atoms with Gasteiger partial charge in [0.2, 0.25) is 0 Å². The number of halogens is 1. The smallest absolute Gasteiger partial charge is 0.280 e. The van der Waals surface area contributed by atoms with Gasteiger partial charge in [0.25, 0.3) is 5.56 Å². The lowest BCUT2D eigenvalue weighted by molar-refractivity contribution is 0.181. The zero-order valence-electron chi connectivity index (χ0n) is 18.0. The highest BCUT2D eigenvalue weighted by atomic mass is 35.5. The number of ether oxygens (including phenoxy) is 2. The van der Waals surface area contributed by atoms with Gasteiger partial charge in [0.15, 0.2) is 11.2 Å². The van der Waals surface area contributed by atoms with Crippen molar-refractivity contribution in [3.05, 3.63) is 87.4 Å². The van der Waals surface area contributed by atoms with Crippen molar-refractivity contribution in [2.45, 2.75) is 13.2 Å². The molecule has 0 bridgehead atoms. The van der Waals surface area contributed by atoms with Gasteiger partial charge in [-0.05, 0) is 29.8 Å². The van der Waals surface area contributed by atoms with Gasteiger partial charge in [0.05, 0.1) is 31.5 Å². The Balaban J connectivity index is 1.67. The van der Waals surface area contributed by atoms with Crippen molar-refractivity contribution in [1.29, 1.82) is 0 Å². The molecule has 8 nitrogen and oxygen atoms in total. The van der Waals surface area contributed by atoms with E-state index in [0.29, 0.717) is 28.4 Å². The van der Waals surface area contributed by atoms with Crippen LogP contribution in [0.2, 0.25) is 5.02 Å². The molecule has 0 saturated carbocycles. The summed E-state index contributed by atoms with van der Waals surface area (Å²) in [6.07, 6.45) is 1.73. The van der Waals surface area contributed by atoms with Crippen LogP contribution in [0, 0.1) is 0 Å². The summed E-state index contributed by atoms with van der Waals surface area (Å²) in [4.78, 5) is 13.2. The Labute approximate surface area is 194 Å². The molecule has 33 heavy (non-hydrogen) atoms. The third-order valence-electron chi connectivity index (χ3n) is 5.47. The van der Waals surface area contributed by atoms with Gasteiger partial charge >= 0.3 is 0 Å². The van der Waals surface area contributed by atoms with Crippen LogP contribution < -0.4 is 10.3 Å². The van der Waals surface area contributed by atoms with Crippen LogP contribution in [0.3, 0.4) is 0 Å². The summed E-state index contributed by atoms with van der Waals surface area (Å²) >= 11 is 6.06. The van der Waals surface area contributed by atoms with Crippen molar-refractivity contribution in [3.63, 3.8) is 0 Å². The van der Waals surface area contributed by atoms with Crippen molar-refractivity contribution >= 4 is 28.3 Å². The lowest BCUT2D eigenvalue weighted by atomic mass is 10.1. The molecule has 0 atom stereocenters. The molecule has 0 aliphatic heterocycles. The molecule has 0 amide bonds. The number of hydrogen-bond donors (Lipinski definition) is 0. The van der Waals surface area contributed by atoms with Crippen LogP contribution in [0.1, 0.15) is 11.3 Å². The molecular weight excluding hydrogens is 442 g/mol. The van der Waals surface area contributed by atoms with E-state index >= 15 is 0 Å². The second kappa shape index (κ2) is 8.65. The number of methoxy groups -OCH3 is 2. The minimum Gasteiger partial charge on any atom is -0.496 e. The summed E-state index contributed by atoms with van der Waals surface area (Å²) in [6, 6.07) is 16.8. The average Bonchev–Trinajstić information content (AvgIpc) is 3.20. The SMILES string of the molecule is COCc1nn2c(nnc3c(=O)n(Cc4ccccc4OC)ccc32)c1-c1ccc(Cl)cc1. The van der Waals surface area contributed by atoms with E-state index in [9.17, 15) is 4.79 Å². The van der Waals surface area contributed by atoms with Crippen LogP contribution in [0.25, 0.3) is 27.8 Å². The fourth-order valence-corrected chi connectivity index (χ4v) is 4.05. The number of benzene rings is 2. The molecule has 5 rings (SSSR count). The number of hydrogen-bond acceptors (Lipinski definition) is 6. The quantitative estimate of drug-likeness (QED) is 0.380. The number of rotatable bonds is 6. The van der Waals surface area contributed by atoms with Crippen molar-refractivity contribution in [2.75, 3.05) is 14.2 Å². The highest BCUT2D eigenvalue weighted by Crippen LogP contribution is 2.30. The largest absolute Gasteiger partial charge is 0.496 e. The average molecular weight is 462 g/mol. The number of aromatic nitrogens is 5. The summed E-state index contributed by atoms with van der Waals surface area (Å²) in [5.74, 6) is 0.718. The monoisotopic (exact) mass is 461 g/mol. The van der Waals surface area contributed by atoms with E-state index in [1.807, 2.05) is 54.6 Å². The molecule has 3 aromatic heterocycles. The third kappa shape index (κ3) is 3.73. The first-order valence-corrected chi connectivity index (χ1v) is 10.6. The van der Waals surface area contributed by atoms with Crippen LogP contribution in [0.15, 0.2) is 65.6 Å². The highest BCUT2D eigenvalue weighted by Gasteiger charge is 2.20. The maximum absolute atomic E-state index is 13.2. The fraction of sp³-hybridized carbons (Fsp3) is 0.167. The first-order chi connectivity index (χ1) is 16.1. The number of nitrogens with zero attached hydrogens (tertiary/aromatic N) is 5. The van der Waals surface area contributed by atoms with Crippen molar-refractivity contribution in [1.82, 2.24) is 24.4 Å². The van der Waals surface area contributed by atoms with E-state index in [4.69, 9.17) is 26.2 Å². The van der Waals surface area contributed by atoms with Crippen LogP contribution >= 0.6 is 11.6 Å². The molecule has 5 aromatic rings. The number of pyridine rings is 1. The summed E-state index contributed by atoms with van der Waals surface area (Å²) in [5.41, 5.74) is 4.35. The normalized spacial score (nSPS) is 11.4. The lowest BCUT2D eigenvalue weighted by Crippen LogP contribution is -2.22. The van der Waals surface area contributed by atoms with E-state index in [1.54, 1.807) is 29.5 Å². The molecule has 0 fully saturated rings. The van der Waals surface area contributed by atoms with E-state index < -0.39 is 0 Å². The van der Waals surface area contributed by atoms with Gasteiger partial charge in [-0.3, -0.25) is 4.79 Å². The Hall–Kier alpha value is -3.75. The van der Waals surface area contributed by atoms with Crippen LogP contribution in [-0.2, 0) is 17.9 Å². The summed E-state index contributed by atoms with van der Waals surface area (Å²) < 4.78 is 14.0. The molecule has 0 saturated heterocycles. The van der Waals surface area contributed by atoms with E-state index in [1.165, 1.54) is 0 Å². The standard InChI is InChI=1S/C24H20ClN5O3/c1-32-14-18-21(15-7-9-17(25)10-8-15)23-27-26-22-19(30(23)28-18)11-12-29(24(22)31)13-16-5-3-4-6-20(16)33-2/h3-12H,13-14H2,1-2H3. The fourth-order valence-electron chi connectivity index (χ4n) is 3.92. The zero-order chi connectivity index (χ0) is 22.9. The summed E-state index contributed by atoms with van der Waals surface area (Å²) in [7, 11) is 3.22. The molecule has 0 aliphatic rings. The Morgan fingerprint density at radius 3 is 2.55 bits per heavy atom. The molecule has 166 valence electrons. The van der Waals surface area contributed by atoms with Gasteiger partial charge in [-0.15, -0.1) is 10.2 Å². The highest BCUT2D eigenvalue weighted by molar-refractivity contribution is 6.30. The number of fused-ring (bicyclic) bond motifs is 3. The number of para-hydroxylation sites is 1. The molecule has 0 radical (unpaired) electrons. The van der Waals surface area contributed by atoms with Gasteiger partial charge in [-0.2, -0.15) is 5.10 Å². The van der Waals surface area contributed by atoms with Gasteiger partial charge in [-0.25, -0.2) is 4.52 Å². The minimum atomic E-state index is -0.260. The minimum absolute atomic E-state index is 0.231. The van der Waals surface area contributed by atoms with Gasteiger partial charge < -0.3 is 14.0 Å². The second-order valence-electron chi connectivity index (χ2n) is 7.49. The molecule has 2 aromatic carbocycles. The Bertz CT molecular complexity index is 1530. The van der Waals surface area contributed by atoms with Gasteiger partial charge in [0.1, 0.15) is 11.3 Å². The molecule has 0 unspecified atom stereocenters. The predicted octanol–water partition coefficient (Wildman–Crippen LogP) is 3.96. The third-order valence-corrected chi connectivity index (χ3v) is 5.72. The Morgan fingerprint density at radius 1 is 1.00 bits per heavy atom. The molecule has 9 heteroatoms. The molecule has 0 N–H and O–H groups in total. The van der Waals surface area contributed by atoms with E-state index in [2.05, 4.69) is 10.2 Å². The van der Waals surface area contributed by atoms with Gasteiger partial charge in [0, 0.05) is 23.9 Å². The first-order valence-electron chi connectivity index (χ1n) is 10.2. The first kappa shape index (κ1) is 21.1. The van der Waals surface area contributed by atoms with E-state index in [-0.39, 0.29) is 17.7 Å². The van der Waals surface area contributed by atoms with Crippen molar-refractivity contribution in [2.24, 2.45) is 0 Å². The molecule has 3 heterocycles. The summed E-state index contributed by atoms with van der Waals surface area (Å²) in [6.45, 7) is 0.635. The summed E-state index contributed by atoms with van der Waals surface area (Å²) in [5, 5.41) is 14.0. The Morgan fingerprint density at radius 2 is 1.79 bits per heavy atom. The molecule has 0 aliphatic carbocycles. The topological polar surface area (TPSA) is 83.5 Å². The molecular formula is C24H20ClN5O3. The van der Waals surface area contributed by atoms with Gasteiger partial charge in [-0.1, -0.05) is 41.9 Å².